The summed E-state index contributed by atoms with van der Waals surface area (Å²) < 4.78 is 10.5. The predicted molar refractivity (Wildman–Crippen MR) is 84.4 cm³/mol. The van der Waals surface area contributed by atoms with Crippen LogP contribution in [-0.2, 0) is 9.53 Å². The van der Waals surface area contributed by atoms with Crippen molar-refractivity contribution in [2.75, 3.05) is 5.32 Å². The Labute approximate surface area is 129 Å². The number of esters is 1. The quantitative estimate of drug-likeness (QED) is 0.516. The van der Waals surface area contributed by atoms with E-state index in [-0.39, 0.29) is 23.2 Å². The number of nitrogens with one attached hydrogen (secondary N) is 1. The number of halogens is 1. The Kier molecular flexibility index (Phi) is 6.23. The lowest BCUT2D eigenvalue weighted by molar-refractivity contribution is -0.137. The van der Waals surface area contributed by atoms with Gasteiger partial charge in [0.25, 0.3) is 5.17 Å². The first-order valence-electron chi connectivity index (χ1n) is 6.28. The lowest BCUT2D eigenvalue weighted by Gasteiger charge is -2.14. The van der Waals surface area contributed by atoms with E-state index in [9.17, 15) is 4.79 Å². The van der Waals surface area contributed by atoms with Gasteiger partial charge in [-0.05, 0) is 38.2 Å². The monoisotopic (exact) mass is 315 g/mol. The molecule has 20 heavy (non-hydrogen) atoms. The molecule has 1 rings (SSSR count). The molecule has 0 amide bonds. The largest absolute Gasteiger partial charge is 0.468 e. The van der Waals surface area contributed by atoms with Crippen molar-refractivity contribution in [2.45, 2.75) is 33.8 Å². The molecule has 0 heterocycles. The molecule has 1 N–H and O–H groups in total. The standard InChI is InChI=1S/C14H18ClNO3S/c1-8(2)13(17)19-12-7-10(5-6-11(12)15)16-14(20)18-9(3)4/h5-9H,1-4H3,(H,16,20). The molecular formula is C14H18ClNO3S. The maximum atomic E-state index is 11.6. The lowest BCUT2D eigenvalue weighted by atomic mass is 10.2. The third-order valence-corrected chi connectivity index (χ3v) is 2.71. The summed E-state index contributed by atoms with van der Waals surface area (Å²) in [4.78, 5) is 11.6. The Hall–Kier alpha value is -1.33. The molecule has 0 unspecified atom stereocenters. The summed E-state index contributed by atoms with van der Waals surface area (Å²) in [5, 5.41) is 3.52. The van der Waals surface area contributed by atoms with Crippen LogP contribution in [0.25, 0.3) is 0 Å². The highest BCUT2D eigenvalue weighted by molar-refractivity contribution is 7.80. The molecule has 6 heteroatoms. The molecule has 1 aromatic carbocycles. The number of hydrogen-bond donors (Lipinski definition) is 1. The molecule has 0 spiro atoms. The second-order valence-corrected chi connectivity index (χ2v) is 5.58. The zero-order chi connectivity index (χ0) is 15.3. The summed E-state index contributed by atoms with van der Waals surface area (Å²) in [5.41, 5.74) is 0.645. The van der Waals surface area contributed by atoms with E-state index >= 15 is 0 Å². The van der Waals surface area contributed by atoms with Gasteiger partial charge in [-0.15, -0.1) is 0 Å². The van der Waals surface area contributed by atoms with Gasteiger partial charge < -0.3 is 14.8 Å². The van der Waals surface area contributed by atoms with Crippen LogP contribution in [0.2, 0.25) is 5.02 Å². The van der Waals surface area contributed by atoms with Gasteiger partial charge in [0, 0.05) is 11.8 Å². The third kappa shape index (κ3) is 5.35. The molecule has 0 radical (unpaired) electrons. The molecule has 0 aliphatic rings. The fourth-order valence-electron chi connectivity index (χ4n) is 1.25. The van der Waals surface area contributed by atoms with Gasteiger partial charge in [-0.3, -0.25) is 4.79 Å². The molecule has 1 aromatic rings. The Morgan fingerprint density at radius 2 is 1.95 bits per heavy atom. The topological polar surface area (TPSA) is 47.6 Å². The predicted octanol–water partition coefficient (Wildman–Crippen LogP) is 4.02. The molecule has 0 aromatic heterocycles. The van der Waals surface area contributed by atoms with Crippen LogP contribution in [0.4, 0.5) is 5.69 Å². The molecule has 0 bridgehead atoms. The van der Waals surface area contributed by atoms with Crippen LogP contribution in [-0.4, -0.2) is 17.2 Å². The lowest BCUT2D eigenvalue weighted by Crippen LogP contribution is -2.18. The Morgan fingerprint density at radius 3 is 2.50 bits per heavy atom. The summed E-state index contributed by atoms with van der Waals surface area (Å²) in [6.07, 6.45) is -0.0134. The maximum absolute atomic E-state index is 11.6. The number of thiocarbonyl (C=S) groups is 1. The normalized spacial score (nSPS) is 10.6. The van der Waals surface area contributed by atoms with E-state index in [4.69, 9.17) is 33.3 Å². The maximum Gasteiger partial charge on any atom is 0.313 e. The molecule has 0 aliphatic heterocycles. The van der Waals surface area contributed by atoms with Crippen molar-refractivity contribution in [3.8, 4) is 5.75 Å². The van der Waals surface area contributed by atoms with E-state index in [1.54, 1.807) is 32.0 Å². The van der Waals surface area contributed by atoms with Crippen molar-refractivity contribution in [2.24, 2.45) is 5.92 Å². The van der Waals surface area contributed by atoms with E-state index in [1.807, 2.05) is 13.8 Å². The van der Waals surface area contributed by atoms with Gasteiger partial charge in [0.05, 0.1) is 17.0 Å². The van der Waals surface area contributed by atoms with Crippen LogP contribution in [0.3, 0.4) is 0 Å². The van der Waals surface area contributed by atoms with E-state index in [0.717, 1.165) is 0 Å². The minimum Gasteiger partial charge on any atom is -0.468 e. The van der Waals surface area contributed by atoms with Crippen molar-refractivity contribution < 1.29 is 14.3 Å². The highest BCUT2D eigenvalue weighted by atomic mass is 35.5. The van der Waals surface area contributed by atoms with Gasteiger partial charge in [0.15, 0.2) is 5.75 Å². The molecule has 110 valence electrons. The van der Waals surface area contributed by atoms with Gasteiger partial charge in [-0.25, -0.2) is 0 Å². The minimum atomic E-state index is -0.343. The molecule has 0 fully saturated rings. The Balaban J connectivity index is 2.80. The Bertz CT molecular complexity index is 503. The number of benzene rings is 1. The highest BCUT2D eigenvalue weighted by Crippen LogP contribution is 2.28. The second-order valence-electron chi connectivity index (χ2n) is 4.80. The van der Waals surface area contributed by atoms with Gasteiger partial charge >= 0.3 is 5.97 Å². The average molecular weight is 316 g/mol. The molecule has 4 nitrogen and oxygen atoms in total. The van der Waals surface area contributed by atoms with Crippen LogP contribution < -0.4 is 10.1 Å². The molecule has 0 saturated carbocycles. The van der Waals surface area contributed by atoms with Gasteiger partial charge in [0.2, 0.25) is 0 Å². The van der Waals surface area contributed by atoms with Crippen LogP contribution in [0.15, 0.2) is 18.2 Å². The van der Waals surface area contributed by atoms with E-state index in [2.05, 4.69) is 5.32 Å². The number of carbonyl (C=O) groups is 1. The summed E-state index contributed by atoms with van der Waals surface area (Å²) >= 11 is 11.0. The first kappa shape index (κ1) is 16.7. The van der Waals surface area contributed by atoms with E-state index in [1.165, 1.54) is 0 Å². The van der Waals surface area contributed by atoms with Crippen molar-refractivity contribution >= 4 is 40.7 Å². The van der Waals surface area contributed by atoms with Crippen molar-refractivity contribution in [3.63, 3.8) is 0 Å². The fourth-order valence-corrected chi connectivity index (χ4v) is 1.71. The second kappa shape index (κ2) is 7.45. The smallest absolute Gasteiger partial charge is 0.313 e. The summed E-state index contributed by atoms with van der Waals surface area (Å²) in [6.45, 7) is 7.27. The number of anilines is 1. The molecule has 0 atom stereocenters. The minimum absolute atomic E-state index is 0.0134. The van der Waals surface area contributed by atoms with Gasteiger partial charge in [-0.1, -0.05) is 25.4 Å². The average Bonchev–Trinajstić information content (AvgIpc) is 2.32. The third-order valence-electron chi connectivity index (χ3n) is 2.20. The zero-order valence-corrected chi connectivity index (χ0v) is 13.5. The van der Waals surface area contributed by atoms with Gasteiger partial charge in [0.1, 0.15) is 0 Å². The number of ether oxygens (including phenoxy) is 2. The van der Waals surface area contributed by atoms with Crippen LogP contribution in [0.1, 0.15) is 27.7 Å². The van der Waals surface area contributed by atoms with Crippen molar-refractivity contribution in [1.29, 1.82) is 0 Å². The number of carbonyl (C=O) groups excluding carboxylic acids is 1. The zero-order valence-electron chi connectivity index (χ0n) is 11.9. The molecule has 0 aliphatic carbocycles. The van der Waals surface area contributed by atoms with Crippen molar-refractivity contribution in [1.82, 2.24) is 0 Å². The van der Waals surface area contributed by atoms with E-state index < -0.39 is 0 Å². The van der Waals surface area contributed by atoms with Crippen LogP contribution >= 0.6 is 23.8 Å². The fraction of sp³-hybridized carbons (Fsp3) is 0.429. The first-order chi connectivity index (χ1) is 9.29. The van der Waals surface area contributed by atoms with E-state index in [0.29, 0.717) is 16.5 Å². The van der Waals surface area contributed by atoms with Gasteiger partial charge in [-0.2, -0.15) is 0 Å². The molecular weight excluding hydrogens is 298 g/mol. The highest BCUT2D eigenvalue weighted by Gasteiger charge is 2.13. The first-order valence-corrected chi connectivity index (χ1v) is 7.07. The van der Waals surface area contributed by atoms with Crippen LogP contribution in [0.5, 0.6) is 5.75 Å². The molecule has 0 saturated heterocycles. The summed E-state index contributed by atoms with van der Waals surface area (Å²) in [6, 6.07) is 4.97. The number of rotatable bonds is 4. The number of hydrogen-bond acceptors (Lipinski definition) is 4. The summed E-state index contributed by atoms with van der Waals surface area (Å²) in [5.74, 6) is -0.277. The summed E-state index contributed by atoms with van der Waals surface area (Å²) in [7, 11) is 0. The Morgan fingerprint density at radius 1 is 1.30 bits per heavy atom. The van der Waals surface area contributed by atoms with Crippen LogP contribution in [0, 0.1) is 5.92 Å². The SMILES string of the molecule is CC(C)OC(=S)Nc1ccc(Cl)c(OC(=O)C(C)C)c1. The van der Waals surface area contributed by atoms with Crippen molar-refractivity contribution in [3.05, 3.63) is 23.2 Å².